The van der Waals surface area contributed by atoms with Crippen LogP contribution in [0.1, 0.15) is 47.8 Å². The molecule has 2 unspecified atom stereocenters. The van der Waals surface area contributed by atoms with Crippen molar-refractivity contribution in [2.75, 3.05) is 0 Å². The van der Waals surface area contributed by atoms with Crippen molar-refractivity contribution in [3.05, 3.63) is 71.0 Å². The van der Waals surface area contributed by atoms with Gasteiger partial charge >= 0.3 is 0 Å². The molecule has 0 nitrogen and oxygen atoms in total. The highest BCUT2D eigenvalue weighted by Crippen LogP contribution is 2.45. The Balaban J connectivity index is 1.89. The van der Waals surface area contributed by atoms with E-state index in [1.165, 1.54) is 36.0 Å². The molecule has 1 aliphatic rings. The van der Waals surface area contributed by atoms with E-state index >= 15 is 0 Å². The maximum absolute atomic E-state index is 13.0. The molecule has 1 fully saturated rings. The Morgan fingerprint density at radius 1 is 0.789 bits per heavy atom. The molecule has 3 rings (SSSR count). The number of hydrogen-bond acceptors (Lipinski definition) is 0. The van der Waals surface area contributed by atoms with E-state index in [-0.39, 0.29) is 5.82 Å². The molecule has 0 aromatic heterocycles. The minimum absolute atomic E-state index is 0.145. The molecule has 0 amide bonds. The third kappa shape index (κ3) is 2.56. The van der Waals surface area contributed by atoms with Gasteiger partial charge in [-0.25, -0.2) is 4.39 Å². The van der Waals surface area contributed by atoms with Crippen LogP contribution in [0.4, 0.5) is 4.39 Å². The first-order valence-electron chi connectivity index (χ1n) is 7.06. The summed E-state index contributed by atoms with van der Waals surface area (Å²) in [5.41, 5.74) is 4.02. The highest BCUT2D eigenvalue weighted by atomic mass is 19.1. The van der Waals surface area contributed by atoms with Gasteiger partial charge < -0.3 is 0 Å². The second-order valence-corrected chi connectivity index (χ2v) is 5.61. The summed E-state index contributed by atoms with van der Waals surface area (Å²) in [6.45, 7) is 2.12. The fourth-order valence-electron chi connectivity index (χ4n) is 3.28. The molecular weight excluding hydrogens is 235 g/mol. The van der Waals surface area contributed by atoms with E-state index in [9.17, 15) is 4.39 Å². The van der Waals surface area contributed by atoms with E-state index in [4.69, 9.17) is 0 Å². The van der Waals surface area contributed by atoms with Gasteiger partial charge in [0.25, 0.3) is 0 Å². The molecule has 1 saturated carbocycles. The molecule has 19 heavy (non-hydrogen) atoms. The third-order valence-electron chi connectivity index (χ3n) is 4.32. The first-order valence-corrected chi connectivity index (χ1v) is 7.06. The molecule has 1 aliphatic carbocycles. The molecular formula is C18H19F. The van der Waals surface area contributed by atoms with Crippen molar-refractivity contribution in [3.63, 3.8) is 0 Å². The van der Waals surface area contributed by atoms with Gasteiger partial charge in [0.15, 0.2) is 0 Å². The average Bonchev–Trinajstić information content (AvgIpc) is 2.90. The van der Waals surface area contributed by atoms with E-state index in [0.29, 0.717) is 11.8 Å². The molecule has 0 N–H and O–H groups in total. The third-order valence-corrected chi connectivity index (χ3v) is 4.32. The highest BCUT2D eigenvalue weighted by molar-refractivity contribution is 5.32. The summed E-state index contributed by atoms with van der Waals surface area (Å²) < 4.78 is 13.0. The van der Waals surface area contributed by atoms with Gasteiger partial charge in [0.1, 0.15) is 5.82 Å². The molecule has 2 atom stereocenters. The lowest BCUT2D eigenvalue weighted by atomic mass is 9.84. The van der Waals surface area contributed by atoms with Gasteiger partial charge in [0.2, 0.25) is 0 Å². The molecule has 0 saturated heterocycles. The lowest BCUT2D eigenvalue weighted by molar-refractivity contribution is 0.609. The van der Waals surface area contributed by atoms with Crippen LogP contribution < -0.4 is 0 Å². The molecule has 0 bridgehead atoms. The summed E-state index contributed by atoms with van der Waals surface area (Å²) in [5, 5.41) is 0. The predicted octanol–water partition coefficient (Wildman–Crippen LogP) is 5.19. The van der Waals surface area contributed by atoms with Gasteiger partial charge in [-0.2, -0.15) is 0 Å². The van der Waals surface area contributed by atoms with Crippen LogP contribution in [-0.2, 0) is 0 Å². The smallest absolute Gasteiger partial charge is 0.123 e. The summed E-state index contributed by atoms with van der Waals surface area (Å²) in [7, 11) is 0. The lowest BCUT2D eigenvalue weighted by Crippen LogP contribution is -2.04. The van der Waals surface area contributed by atoms with Gasteiger partial charge in [-0.3, -0.25) is 0 Å². The van der Waals surface area contributed by atoms with Crippen molar-refractivity contribution in [1.29, 1.82) is 0 Å². The van der Waals surface area contributed by atoms with E-state index in [0.717, 1.165) is 0 Å². The van der Waals surface area contributed by atoms with Crippen LogP contribution in [-0.4, -0.2) is 0 Å². The normalized spacial score (nSPS) is 22.6. The lowest BCUT2D eigenvalue weighted by Gasteiger charge is -2.20. The monoisotopic (exact) mass is 254 g/mol. The quantitative estimate of drug-likeness (QED) is 0.692. The van der Waals surface area contributed by atoms with Gasteiger partial charge in [-0.05, 0) is 54.9 Å². The van der Waals surface area contributed by atoms with E-state index in [2.05, 4.69) is 31.2 Å². The summed E-state index contributed by atoms with van der Waals surface area (Å²) in [4.78, 5) is 0. The number of aryl methyl sites for hydroxylation is 1. The Morgan fingerprint density at radius 3 is 1.79 bits per heavy atom. The fraction of sp³-hybridized carbons (Fsp3) is 0.333. The number of rotatable bonds is 2. The van der Waals surface area contributed by atoms with Crippen molar-refractivity contribution < 1.29 is 4.39 Å². The van der Waals surface area contributed by atoms with Crippen molar-refractivity contribution in [1.82, 2.24) is 0 Å². The predicted molar refractivity (Wildman–Crippen MR) is 76.9 cm³/mol. The van der Waals surface area contributed by atoms with Crippen LogP contribution in [0.25, 0.3) is 0 Å². The van der Waals surface area contributed by atoms with Crippen LogP contribution in [0, 0.1) is 12.7 Å². The first kappa shape index (κ1) is 12.4. The minimum Gasteiger partial charge on any atom is -0.207 e. The number of benzene rings is 2. The Labute approximate surface area is 114 Å². The molecule has 0 aliphatic heterocycles. The zero-order valence-electron chi connectivity index (χ0n) is 11.3. The molecule has 2 aromatic rings. The van der Waals surface area contributed by atoms with Crippen molar-refractivity contribution in [3.8, 4) is 0 Å². The summed E-state index contributed by atoms with van der Waals surface area (Å²) >= 11 is 0. The maximum Gasteiger partial charge on any atom is 0.123 e. The SMILES string of the molecule is Cc1ccc(C2CCCC2c2ccc(F)cc2)cc1. The standard InChI is InChI=1S/C18H19F/c1-13-5-7-14(8-6-13)17-3-2-4-18(17)15-9-11-16(19)12-10-15/h5-12,17-18H,2-4H2,1H3. The summed E-state index contributed by atoms with van der Waals surface area (Å²) in [6.07, 6.45) is 3.72. The van der Waals surface area contributed by atoms with Gasteiger partial charge in [0, 0.05) is 0 Å². The molecule has 0 radical (unpaired) electrons. The number of hydrogen-bond donors (Lipinski definition) is 0. The van der Waals surface area contributed by atoms with Crippen LogP contribution >= 0.6 is 0 Å². The zero-order valence-corrected chi connectivity index (χ0v) is 11.3. The maximum atomic E-state index is 13.0. The van der Waals surface area contributed by atoms with Crippen molar-refractivity contribution in [2.45, 2.75) is 38.0 Å². The molecule has 2 aromatic carbocycles. The minimum atomic E-state index is -0.145. The zero-order chi connectivity index (χ0) is 13.2. The largest absolute Gasteiger partial charge is 0.207 e. The van der Waals surface area contributed by atoms with E-state index in [1.807, 2.05) is 12.1 Å². The Bertz CT molecular complexity index is 487. The Morgan fingerprint density at radius 2 is 1.26 bits per heavy atom. The molecule has 1 heteroatoms. The average molecular weight is 254 g/mol. The van der Waals surface area contributed by atoms with Crippen LogP contribution in [0.15, 0.2) is 48.5 Å². The van der Waals surface area contributed by atoms with Crippen LogP contribution in [0.5, 0.6) is 0 Å². The highest BCUT2D eigenvalue weighted by Gasteiger charge is 2.29. The second kappa shape index (κ2) is 5.16. The van der Waals surface area contributed by atoms with Gasteiger partial charge in [0.05, 0.1) is 0 Å². The van der Waals surface area contributed by atoms with E-state index in [1.54, 1.807) is 12.1 Å². The van der Waals surface area contributed by atoms with Gasteiger partial charge in [-0.1, -0.05) is 48.4 Å². The van der Waals surface area contributed by atoms with Crippen molar-refractivity contribution >= 4 is 0 Å². The Kier molecular flexibility index (Phi) is 3.37. The summed E-state index contributed by atoms with van der Waals surface area (Å²) in [5.74, 6) is 0.989. The Hall–Kier alpha value is -1.63. The van der Waals surface area contributed by atoms with Crippen LogP contribution in [0.2, 0.25) is 0 Å². The summed E-state index contributed by atoms with van der Waals surface area (Å²) in [6, 6.07) is 16.0. The topological polar surface area (TPSA) is 0 Å². The number of halogens is 1. The van der Waals surface area contributed by atoms with Crippen molar-refractivity contribution in [2.24, 2.45) is 0 Å². The molecule has 0 heterocycles. The second-order valence-electron chi connectivity index (χ2n) is 5.61. The van der Waals surface area contributed by atoms with Crippen LogP contribution in [0.3, 0.4) is 0 Å². The van der Waals surface area contributed by atoms with E-state index < -0.39 is 0 Å². The van der Waals surface area contributed by atoms with Gasteiger partial charge in [-0.15, -0.1) is 0 Å². The molecule has 98 valence electrons. The molecule has 0 spiro atoms. The first-order chi connectivity index (χ1) is 9.24. The fourth-order valence-corrected chi connectivity index (χ4v) is 3.28.